The van der Waals surface area contributed by atoms with Crippen molar-refractivity contribution in [2.24, 2.45) is 4.99 Å². The molecule has 0 bridgehead atoms. The van der Waals surface area contributed by atoms with Gasteiger partial charge >= 0.3 is 0 Å². The number of nitrogens with one attached hydrogen (secondary N) is 3. The van der Waals surface area contributed by atoms with Crippen molar-refractivity contribution in [1.29, 1.82) is 0 Å². The Labute approximate surface area is 175 Å². The van der Waals surface area contributed by atoms with E-state index in [1.54, 1.807) is 7.05 Å². The van der Waals surface area contributed by atoms with Crippen molar-refractivity contribution in [3.05, 3.63) is 35.4 Å². The number of halogens is 1. The molecule has 0 spiro atoms. The summed E-state index contributed by atoms with van der Waals surface area (Å²) in [6.07, 6.45) is 5.82. The third-order valence-corrected chi connectivity index (χ3v) is 4.03. The van der Waals surface area contributed by atoms with E-state index in [-0.39, 0.29) is 29.9 Å². The number of rotatable bonds is 10. The minimum atomic E-state index is -0.0178. The van der Waals surface area contributed by atoms with Crippen molar-refractivity contribution in [2.45, 2.75) is 65.5 Å². The Hall–Kier alpha value is -1.31. The summed E-state index contributed by atoms with van der Waals surface area (Å²) in [5.41, 5.74) is 1.76. The van der Waals surface area contributed by atoms with Gasteiger partial charge in [-0.15, -0.1) is 24.0 Å². The Bertz CT molecular complexity index is 548. The molecule has 1 aromatic carbocycles. The fraction of sp³-hybridized carbons (Fsp3) is 0.600. The Kier molecular flexibility index (Phi) is 14.1. The van der Waals surface area contributed by atoms with E-state index in [4.69, 9.17) is 0 Å². The number of guanidine groups is 1. The molecule has 0 radical (unpaired) electrons. The van der Waals surface area contributed by atoms with E-state index in [2.05, 4.69) is 34.8 Å². The summed E-state index contributed by atoms with van der Waals surface area (Å²) < 4.78 is 0. The van der Waals surface area contributed by atoms with E-state index in [9.17, 15) is 4.79 Å². The van der Waals surface area contributed by atoms with Gasteiger partial charge in [0.2, 0.25) is 0 Å². The van der Waals surface area contributed by atoms with Crippen LogP contribution in [0.4, 0.5) is 0 Å². The molecule has 6 heteroatoms. The molecule has 1 atom stereocenters. The van der Waals surface area contributed by atoms with E-state index >= 15 is 0 Å². The van der Waals surface area contributed by atoms with Crippen LogP contribution in [0.25, 0.3) is 0 Å². The molecular formula is C20H35IN4O. The summed E-state index contributed by atoms with van der Waals surface area (Å²) in [7, 11) is 1.78. The summed E-state index contributed by atoms with van der Waals surface area (Å²) in [4.78, 5) is 16.3. The molecule has 1 aromatic rings. The number of carbonyl (C=O) groups excluding carboxylic acids is 1. The van der Waals surface area contributed by atoms with Crippen LogP contribution in [0, 0.1) is 0 Å². The fourth-order valence-corrected chi connectivity index (χ4v) is 2.55. The second-order valence-electron chi connectivity index (χ2n) is 6.42. The zero-order chi connectivity index (χ0) is 18.5. The summed E-state index contributed by atoms with van der Waals surface area (Å²) in [6.45, 7) is 7.78. The van der Waals surface area contributed by atoms with Crippen molar-refractivity contribution >= 4 is 35.8 Å². The van der Waals surface area contributed by atoms with E-state index in [0.717, 1.165) is 24.4 Å². The van der Waals surface area contributed by atoms with Crippen LogP contribution in [0.3, 0.4) is 0 Å². The number of benzene rings is 1. The number of hydrogen-bond donors (Lipinski definition) is 3. The Balaban J connectivity index is 0.00000625. The topological polar surface area (TPSA) is 65.5 Å². The molecule has 148 valence electrons. The van der Waals surface area contributed by atoms with Gasteiger partial charge in [-0.1, -0.05) is 45.2 Å². The lowest BCUT2D eigenvalue weighted by Crippen LogP contribution is -2.41. The molecule has 1 rings (SSSR count). The summed E-state index contributed by atoms with van der Waals surface area (Å²) in [6, 6.07) is 8.10. The van der Waals surface area contributed by atoms with Crippen LogP contribution >= 0.6 is 24.0 Å². The Morgan fingerprint density at radius 3 is 2.58 bits per heavy atom. The molecule has 0 aliphatic carbocycles. The average Bonchev–Trinajstić information content (AvgIpc) is 2.63. The maximum Gasteiger partial charge on any atom is 0.251 e. The van der Waals surface area contributed by atoms with Crippen LogP contribution in [0.2, 0.25) is 0 Å². The monoisotopic (exact) mass is 474 g/mol. The third kappa shape index (κ3) is 9.99. The van der Waals surface area contributed by atoms with Gasteiger partial charge in [0.25, 0.3) is 5.91 Å². The van der Waals surface area contributed by atoms with Gasteiger partial charge in [-0.25, -0.2) is 0 Å². The minimum Gasteiger partial charge on any atom is -0.354 e. The molecule has 0 aliphatic heterocycles. The lowest BCUT2D eigenvalue weighted by molar-refractivity contribution is 0.0953. The maximum absolute atomic E-state index is 12.1. The number of nitrogens with zero attached hydrogens (tertiary/aromatic N) is 1. The second-order valence-corrected chi connectivity index (χ2v) is 6.42. The van der Waals surface area contributed by atoms with Crippen LogP contribution in [0.15, 0.2) is 29.3 Å². The van der Waals surface area contributed by atoms with E-state index in [1.807, 2.05) is 31.2 Å². The van der Waals surface area contributed by atoms with Gasteiger partial charge in [0.1, 0.15) is 0 Å². The highest BCUT2D eigenvalue weighted by molar-refractivity contribution is 14.0. The molecule has 0 heterocycles. The van der Waals surface area contributed by atoms with Crippen molar-refractivity contribution in [3.63, 3.8) is 0 Å². The highest BCUT2D eigenvalue weighted by Gasteiger charge is 2.07. The lowest BCUT2D eigenvalue weighted by atomic mass is 10.1. The number of unbranched alkanes of at least 4 members (excludes halogenated alkanes) is 2. The molecule has 0 saturated heterocycles. The van der Waals surface area contributed by atoms with Gasteiger partial charge in [-0.05, 0) is 37.5 Å². The van der Waals surface area contributed by atoms with Crippen molar-refractivity contribution in [2.75, 3.05) is 13.6 Å². The second kappa shape index (κ2) is 14.8. The van der Waals surface area contributed by atoms with Crippen LogP contribution in [0.5, 0.6) is 0 Å². The van der Waals surface area contributed by atoms with E-state index in [0.29, 0.717) is 24.7 Å². The summed E-state index contributed by atoms with van der Waals surface area (Å²) in [5, 5.41) is 9.65. The normalized spacial score (nSPS) is 12.1. The van der Waals surface area contributed by atoms with Crippen molar-refractivity contribution in [3.8, 4) is 0 Å². The summed E-state index contributed by atoms with van der Waals surface area (Å²) in [5.74, 6) is 0.778. The molecule has 1 unspecified atom stereocenters. The highest BCUT2D eigenvalue weighted by Crippen LogP contribution is 2.06. The van der Waals surface area contributed by atoms with Gasteiger partial charge < -0.3 is 16.0 Å². The predicted octanol–water partition coefficient (Wildman–Crippen LogP) is 4.08. The molecule has 1 amide bonds. The first-order valence-electron chi connectivity index (χ1n) is 9.45. The highest BCUT2D eigenvalue weighted by atomic mass is 127. The zero-order valence-electron chi connectivity index (χ0n) is 16.6. The zero-order valence-corrected chi connectivity index (χ0v) is 18.9. The van der Waals surface area contributed by atoms with Crippen LogP contribution in [0.1, 0.15) is 68.8 Å². The van der Waals surface area contributed by atoms with Crippen LogP contribution in [-0.2, 0) is 6.54 Å². The van der Waals surface area contributed by atoms with Gasteiger partial charge in [0, 0.05) is 31.7 Å². The maximum atomic E-state index is 12.1. The molecule has 0 saturated carbocycles. The number of carbonyl (C=O) groups is 1. The van der Waals surface area contributed by atoms with Gasteiger partial charge in [0.05, 0.1) is 0 Å². The molecule has 0 aromatic heterocycles. The van der Waals surface area contributed by atoms with Gasteiger partial charge in [0.15, 0.2) is 5.96 Å². The average molecular weight is 474 g/mol. The predicted molar refractivity (Wildman–Crippen MR) is 121 cm³/mol. The first-order valence-corrected chi connectivity index (χ1v) is 9.45. The third-order valence-electron chi connectivity index (χ3n) is 4.03. The smallest absolute Gasteiger partial charge is 0.251 e. The van der Waals surface area contributed by atoms with E-state index in [1.165, 1.54) is 19.3 Å². The standard InChI is InChI=1S/C20H34N4O.HI/c1-5-7-8-10-16(3)24-20(21-4)23-15-17-11-9-12-18(14-17)19(25)22-13-6-2;/h9,11-12,14,16H,5-8,10,13,15H2,1-4H3,(H,22,25)(H2,21,23,24);1H. The van der Waals surface area contributed by atoms with Crippen LogP contribution in [-0.4, -0.2) is 31.5 Å². The number of amides is 1. The van der Waals surface area contributed by atoms with Crippen molar-refractivity contribution < 1.29 is 4.79 Å². The molecule has 0 fully saturated rings. The van der Waals surface area contributed by atoms with Gasteiger partial charge in [-0.3, -0.25) is 9.79 Å². The number of hydrogen-bond acceptors (Lipinski definition) is 2. The van der Waals surface area contributed by atoms with Crippen LogP contribution < -0.4 is 16.0 Å². The number of aliphatic imine (C=N–C) groups is 1. The Morgan fingerprint density at radius 2 is 1.92 bits per heavy atom. The SMILES string of the molecule is CCCCCC(C)NC(=NC)NCc1cccc(C(=O)NCCC)c1.I. The first kappa shape index (κ1) is 24.7. The molecule has 26 heavy (non-hydrogen) atoms. The van der Waals surface area contributed by atoms with Crippen molar-refractivity contribution in [1.82, 2.24) is 16.0 Å². The quantitative estimate of drug-likeness (QED) is 0.207. The minimum absolute atomic E-state index is 0. The molecule has 0 aliphatic rings. The fourth-order valence-electron chi connectivity index (χ4n) is 2.55. The molecule has 3 N–H and O–H groups in total. The Morgan fingerprint density at radius 1 is 1.15 bits per heavy atom. The van der Waals surface area contributed by atoms with Gasteiger partial charge in [-0.2, -0.15) is 0 Å². The lowest BCUT2D eigenvalue weighted by Gasteiger charge is -2.18. The summed E-state index contributed by atoms with van der Waals surface area (Å²) >= 11 is 0. The molecule has 5 nitrogen and oxygen atoms in total. The first-order chi connectivity index (χ1) is 12.1. The largest absolute Gasteiger partial charge is 0.354 e. The molecular weight excluding hydrogens is 439 g/mol. The van der Waals surface area contributed by atoms with E-state index < -0.39 is 0 Å².